The fourth-order valence-corrected chi connectivity index (χ4v) is 1.17. The van der Waals surface area contributed by atoms with E-state index in [0.717, 1.165) is 0 Å². The molecule has 1 heterocycles. The predicted molar refractivity (Wildman–Crippen MR) is 63.2 cm³/mol. The van der Waals surface area contributed by atoms with Gasteiger partial charge in [0.2, 0.25) is 0 Å². The number of hydrogen-bond acceptors (Lipinski definition) is 4. The summed E-state index contributed by atoms with van der Waals surface area (Å²) in [5.41, 5.74) is 5.22. The molecule has 0 spiro atoms. The van der Waals surface area contributed by atoms with E-state index >= 15 is 0 Å². The molecule has 86 valence electrons. The molecule has 1 aromatic rings. The summed E-state index contributed by atoms with van der Waals surface area (Å²) in [5.74, 6) is -0.350. The van der Waals surface area contributed by atoms with E-state index in [9.17, 15) is 9.59 Å². The van der Waals surface area contributed by atoms with Gasteiger partial charge in [-0.1, -0.05) is 12.2 Å². The minimum absolute atomic E-state index is 0.144. The molecular weight excluding hydrogens is 228 g/mol. The van der Waals surface area contributed by atoms with Crippen LogP contribution in [0.3, 0.4) is 0 Å². The first-order chi connectivity index (χ1) is 7.43. The van der Waals surface area contributed by atoms with E-state index in [1.165, 1.54) is 17.0 Å². The Hall–Kier alpha value is -1.76. The maximum absolute atomic E-state index is 11.8. The Morgan fingerprint density at radius 1 is 1.62 bits per heavy atom. The molecule has 0 saturated heterocycles. The highest BCUT2D eigenvalue weighted by molar-refractivity contribution is 7.80. The van der Waals surface area contributed by atoms with Crippen LogP contribution < -0.4 is 11.3 Å². The lowest BCUT2D eigenvalue weighted by molar-refractivity contribution is 0.0772. The molecule has 0 bridgehead atoms. The maximum Gasteiger partial charge on any atom is 0.274 e. The summed E-state index contributed by atoms with van der Waals surface area (Å²) < 4.78 is 0. The number of hydrogen-bond donors (Lipinski definition) is 2. The third-order valence-corrected chi connectivity index (χ3v) is 2.55. The molecule has 7 heteroatoms. The smallest absolute Gasteiger partial charge is 0.274 e. The van der Waals surface area contributed by atoms with Crippen LogP contribution in [0.5, 0.6) is 0 Å². The van der Waals surface area contributed by atoms with Gasteiger partial charge in [-0.3, -0.25) is 9.59 Å². The number of aromatic nitrogens is 2. The number of nitrogens with two attached hydrogens (primary N) is 1. The lowest BCUT2D eigenvalue weighted by Gasteiger charge is -2.23. The molecule has 0 aliphatic heterocycles. The normalized spacial score (nSPS) is 11.9. The molecule has 16 heavy (non-hydrogen) atoms. The number of carbonyl (C=O) groups is 1. The van der Waals surface area contributed by atoms with Crippen molar-refractivity contribution in [2.24, 2.45) is 5.73 Å². The van der Waals surface area contributed by atoms with Crippen LogP contribution in [0.15, 0.2) is 16.9 Å². The number of rotatable bonds is 3. The van der Waals surface area contributed by atoms with Crippen LogP contribution in [0.2, 0.25) is 0 Å². The average molecular weight is 240 g/mol. The van der Waals surface area contributed by atoms with Crippen molar-refractivity contribution in [3.05, 3.63) is 28.2 Å². The highest BCUT2D eigenvalue weighted by Gasteiger charge is 2.20. The Bertz CT molecular complexity index is 450. The Morgan fingerprint density at radius 3 is 2.69 bits per heavy atom. The first-order valence-electron chi connectivity index (χ1n) is 4.55. The number of aromatic amines is 1. The lowest BCUT2D eigenvalue weighted by atomic mass is 10.2. The van der Waals surface area contributed by atoms with Gasteiger partial charge in [0.15, 0.2) is 0 Å². The van der Waals surface area contributed by atoms with Crippen LogP contribution in [-0.2, 0) is 0 Å². The maximum atomic E-state index is 11.8. The second-order valence-electron chi connectivity index (χ2n) is 3.30. The summed E-state index contributed by atoms with van der Waals surface area (Å²) in [7, 11) is 1.57. The summed E-state index contributed by atoms with van der Waals surface area (Å²) in [6, 6.07) is 2.22. The van der Waals surface area contributed by atoms with E-state index in [1.54, 1.807) is 14.0 Å². The van der Waals surface area contributed by atoms with Gasteiger partial charge in [-0.05, 0) is 13.0 Å². The van der Waals surface area contributed by atoms with Crippen LogP contribution in [0.25, 0.3) is 0 Å². The van der Waals surface area contributed by atoms with Crippen molar-refractivity contribution in [3.63, 3.8) is 0 Å². The standard InChI is InChI=1S/C9H12N4O2S/c1-5(8(10)16)13(2)9(15)6-3-4-7(14)12-11-6/h3-5H,1-2H3,(H2,10,16)(H,12,14). The Kier molecular flexibility index (Phi) is 3.73. The second kappa shape index (κ2) is 4.84. The average Bonchev–Trinajstić information content (AvgIpc) is 2.27. The monoisotopic (exact) mass is 240 g/mol. The van der Waals surface area contributed by atoms with E-state index in [2.05, 4.69) is 10.2 Å². The largest absolute Gasteiger partial charge is 0.392 e. The summed E-state index contributed by atoms with van der Waals surface area (Å²) in [6.45, 7) is 1.71. The van der Waals surface area contributed by atoms with Gasteiger partial charge >= 0.3 is 0 Å². The van der Waals surface area contributed by atoms with E-state index in [4.69, 9.17) is 18.0 Å². The molecule has 1 amide bonds. The van der Waals surface area contributed by atoms with Gasteiger partial charge in [-0.25, -0.2) is 5.10 Å². The summed E-state index contributed by atoms with van der Waals surface area (Å²) in [5, 5.41) is 5.81. The van der Waals surface area contributed by atoms with Crippen molar-refractivity contribution in [1.82, 2.24) is 15.1 Å². The first-order valence-corrected chi connectivity index (χ1v) is 4.96. The van der Waals surface area contributed by atoms with Crippen LogP contribution in [-0.4, -0.2) is 39.1 Å². The van der Waals surface area contributed by atoms with Gasteiger partial charge in [-0.2, -0.15) is 5.10 Å². The molecule has 0 radical (unpaired) electrons. The number of carbonyl (C=O) groups excluding carboxylic acids is 1. The Balaban J connectivity index is 2.90. The van der Waals surface area contributed by atoms with Gasteiger partial charge in [0.1, 0.15) is 5.69 Å². The molecule has 1 atom stereocenters. The molecule has 0 saturated carbocycles. The molecule has 1 rings (SSSR count). The van der Waals surface area contributed by atoms with Crippen molar-refractivity contribution < 1.29 is 4.79 Å². The summed E-state index contributed by atoms with van der Waals surface area (Å²) in [4.78, 5) is 24.2. The van der Waals surface area contributed by atoms with Crippen LogP contribution in [0.4, 0.5) is 0 Å². The SMILES string of the molecule is CC(C(N)=S)N(C)C(=O)c1ccc(=O)[nH]n1. The van der Waals surface area contributed by atoms with Gasteiger partial charge in [0.05, 0.1) is 11.0 Å². The molecule has 0 fully saturated rings. The fraction of sp³-hybridized carbons (Fsp3) is 0.333. The minimum Gasteiger partial charge on any atom is -0.392 e. The molecule has 0 aliphatic rings. The zero-order valence-electron chi connectivity index (χ0n) is 8.93. The zero-order valence-corrected chi connectivity index (χ0v) is 9.75. The fourth-order valence-electron chi connectivity index (χ4n) is 1.01. The number of likely N-dealkylation sites (N-methyl/N-ethyl adjacent to an activating group) is 1. The zero-order chi connectivity index (χ0) is 12.3. The number of nitrogens with zero attached hydrogens (tertiary/aromatic N) is 2. The molecule has 0 aliphatic carbocycles. The van der Waals surface area contributed by atoms with Gasteiger partial charge in [0, 0.05) is 13.1 Å². The molecule has 3 N–H and O–H groups in total. The second-order valence-corrected chi connectivity index (χ2v) is 3.77. The molecule has 1 unspecified atom stereocenters. The van der Waals surface area contributed by atoms with Crippen molar-refractivity contribution in [3.8, 4) is 0 Å². The van der Waals surface area contributed by atoms with Gasteiger partial charge in [0.25, 0.3) is 11.5 Å². The highest BCUT2D eigenvalue weighted by Crippen LogP contribution is 2.02. The number of H-pyrrole nitrogens is 1. The molecule has 1 aromatic heterocycles. The molecular formula is C9H12N4O2S. The first kappa shape index (κ1) is 12.3. The van der Waals surface area contributed by atoms with E-state index < -0.39 is 0 Å². The van der Waals surface area contributed by atoms with Crippen LogP contribution in [0, 0.1) is 0 Å². The Morgan fingerprint density at radius 2 is 2.25 bits per heavy atom. The molecule has 0 aromatic carbocycles. The third-order valence-electron chi connectivity index (χ3n) is 2.21. The van der Waals surface area contributed by atoms with Gasteiger partial charge in [-0.15, -0.1) is 0 Å². The molecule has 6 nitrogen and oxygen atoms in total. The van der Waals surface area contributed by atoms with Crippen molar-refractivity contribution in [2.75, 3.05) is 7.05 Å². The number of nitrogens with one attached hydrogen (secondary N) is 1. The summed E-state index contributed by atoms with van der Waals surface area (Å²) in [6.07, 6.45) is 0. The minimum atomic E-state index is -0.365. The Labute approximate surface area is 97.4 Å². The van der Waals surface area contributed by atoms with Crippen molar-refractivity contribution >= 4 is 23.1 Å². The van der Waals surface area contributed by atoms with E-state index in [1.807, 2.05) is 0 Å². The van der Waals surface area contributed by atoms with Crippen molar-refractivity contribution in [1.29, 1.82) is 0 Å². The quantitative estimate of drug-likeness (QED) is 0.696. The van der Waals surface area contributed by atoms with Gasteiger partial charge < -0.3 is 10.6 Å². The number of amides is 1. The van der Waals surface area contributed by atoms with Crippen LogP contribution >= 0.6 is 12.2 Å². The number of thiocarbonyl (C=S) groups is 1. The third kappa shape index (κ3) is 2.63. The van der Waals surface area contributed by atoms with Crippen LogP contribution in [0.1, 0.15) is 17.4 Å². The van der Waals surface area contributed by atoms with E-state index in [0.29, 0.717) is 0 Å². The highest BCUT2D eigenvalue weighted by atomic mass is 32.1. The topological polar surface area (TPSA) is 92.1 Å². The van der Waals surface area contributed by atoms with E-state index in [-0.39, 0.29) is 28.2 Å². The lowest BCUT2D eigenvalue weighted by Crippen LogP contribution is -2.43. The summed E-state index contributed by atoms with van der Waals surface area (Å²) >= 11 is 4.79. The van der Waals surface area contributed by atoms with Crippen molar-refractivity contribution in [2.45, 2.75) is 13.0 Å². The predicted octanol–water partition coefficient (Wildman–Crippen LogP) is -0.484.